The van der Waals surface area contributed by atoms with E-state index in [1.54, 1.807) is 4.68 Å². The van der Waals surface area contributed by atoms with Gasteiger partial charge in [-0.1, -0.05) is 0 Å². The zero-order valence-corrected chi connectivity index (χ0v) is 11.0. The third-order valence-electron chi connectivity index (χ3n) is 2.66. The lowest BCUT2D eigenvalue weighted by Gasteiger charge is -2.10. The molecule has 0 aliphatic carbocycles. The van der Waals surface area contributed by atoms with Crippen LogP contribution in [0.4, 0.5) is 18.9 Å². The summed E-state index contributed by atoms with van der Waals surface area (Å²) in [5.74, 6) is -0.237. The van der Waals surface area contributed by atoms with E-state index < -0.39 is 6.36 Å². The molecule has 1 N–H and O–H groups in total. The van der Waals surface area contributed by atoms with Crippen LogP contribution in [0.3, 0.4) is 0 Å². The molecular weight excluding hydrogens is 271 g/mol. The predicted molar refractivity (Wildman–Crippen MR) is 68.4 cm³/mol. The Hall–Kier alpha value is -2.18. The Morgan fingerprint density at radius 3 is 2.40 bits per heavy atom. The lowest BCUT2D eigenvalue weighted by atomic mass is 10.3. The summed E-state index contributed by atoms with van der Waals surface area (Å²) >= 11 is 0. The fraction of sp³-hybridized carbons (Fsp3) is 0.308. The Labute approximate surface area is 114 Å². The molecule has 1 aromatic heterocycles. The van der Waals surface area contributed by atoms with Crippen LogP contribution in [0.25, 0.3) is 0 Å². The summed E-state index contributed by atoms with van der Waals surface area (Å²) in [6, 6.07) is 7.54. The first-order valence-corrected chi connectivity index (χ1v) is 5.93. The number of ether oxygens (including phenoxy) is 1. The van der Waals surface area contributed by atoms with E-state index in [-0.39, 0.29) is 5.75 Å². The minimum absolute atomic E-state index is 0.237. The number of anilines is 1. The van der Waals surface area contributed by atoms with Crippen molar-refractivity contribution >= 4 is 5.69 Å². The quantitative estimate of drug-likeness (QED) is 0.937. The van der Waals surface area contributed by atoms with E-state index in [1.165, 1.54) is 24.3 Å². The smallest absolute Gasteiger partial charge is 0.406 e. The van der Waals surface area contributed by atoms with E-state index in [2.05, 4.69) is 15.2 Å². The first kappa shape index (κ1) is 14.2. The number of benzene rings is 1. The SMILES string of the molecule is Cc1cc(CNc2ccc(OC(F)(F)F)cc2)n(C)n1. The Bertz CT molecular complexity index is 576. The maximum absolute atomic E-state index is 12.0. The van der Waals surface area contributed by atoms with Crippen molar-refractivity contribution in [1.82, 2.24) is 9.78 Å². The second kappa shape index (κ2) is 5.44. The van der Waals surface area contributed by atoms with E-state index in [0.717, 1.165) is 11.4 Å². The normalized spacial score (nSPS) is 11.4. The number of rotatable bonds is 4. The van der Waals surface area contributed by atoms with Gasteiger partial charge in [0.25, 0.3) is 0 Å². The van der Waals surface area contributed by atoms with Crippen molar-refractivity contribution in [3.8, 4) is 5.75 Å². The molecule has 0 spiro atoms. The van der Waals surface area contributed by atoms with Gasteiger partial charge in [0.05, 0.1) is 17.9 Å². The Morgan fingerprint density at radius 1 is 1.25 bits per heavy atom. The number of hydrogen-bond acceptors (Lipinski definition) is 3. The molecule has 0 fully saturated rings. The first-order chi connectivity index (χ1) is 9.33. The topological polar surface area (TPSA) is 39.1 Å². The van der Waals surface area contributed by atoms with Gasteiger partial charge < -0.3 is 10.1 Å². The van der Waals surface area contributed by atoms with Crippen LogP contribution in [0, 0.1) is 6.92 Å². The molecule has 4 nitrogen and oxygen atoms in total. The van der Waals surface area contributed by atoms with Crippen molar-refractivity contribution in [3.05, 3.63) is 41.7 Å². The third kappa shape index (κ3) is 3.91. The van der Waals surface area contributed by atoms with Crippen LogP contribution < -0.4 is 10.1 Å². The van der Waals surface area contributed by atoms with Gasteiger partial charge in [-0.3, -0.25) is 4.68 Å². The maximum Gasteiger partial charge on any atom is 0.573 e. The fourth-order valence-corrected chi connectivity index (χ4v) is 1.80. The molecule has 0 saturated heterocycles. The van der Waals surface area contributed by atoms with Gasteiger partial charge in [-0.05, 0) is 37.3 Å². The van der Waals surface area contributed by atoms with Gasteiger partial charge >= 0.3 is 6.36 Å². The summed E-state index contributed by atoms with van der Waals surface area (Å²) in [5, 5.41) is 7.32. The van der Waals surface area contributed by atoms with Crippen LogP contribution in [-0.4, -0.2) is 16.1 Å². The van der Waals surface area contributed by atoms with Crippen LogP contribution in [0.1, 0.15) is 11.4 Å². The van der Waals surface area contributed by atoms with Gasteiger partial charge in [0.15, 0.2) is 0 Å². The molecule has 1 aromatic carbocycles. The van der Waals surface area contributed by atoms with E-state index in [1.807, 2.05) is 20.0 Å². The second-order valence-corrected chi connectivity index (χ2v) is 4.33. The average Bonchev–Trinajstić information content (AvgIpc) is 2.65. The molecule has 0 radical (unpaired) electrons. The van der Waals surface area contributed by atoms with Crippen LogP contribution in [0.5, 0.6) is 5.75 Å². The third-order valence-corrected chi connectivity index (χ3v) is 2.66. The Balaban J connectivity index is 1.96. The van der Waals surface area contributed by atoms with Crippen molar-refractivity contribution in [1.29, 1.82) is 0 Å². The molecule has 0 unspecified atom stereocenters. The lowest BCUT2D eigenvalue weighted by Crippen LogP contribution is -2.17. The van der Waals surface area contributed by atoms with Crippen molar-refractivity contribution in [2.24, 2.45) is 7.05 Å². The molecule has 108 valence electrons. The van der Waals surface area contributed by atoms with Crippen molar-refractivity contribution in [2.75, 3.05) is 5.32 Å². The van der Waals surface area contributed by atoms with Crippen LogP contribution >= 0.6 is 0 Å². The molecule has 2 aromatic rings. The highest BCUT2D eigenvalue weighted by Crippen LogP contribution is 2.24. The Morgan fingerprint density at radius 2 is 1.90 bits per heavy atom. The van der Waals surface area contributed by atoms with E-state index >= 15 is 0 Å². The molecule has 2 rings (SSSR count). The minimum Gasteiger partial charge on any atom is -0.406 e. The molecule has 0 atom stereocenters. The molecule has 0 aliphatic rings. The predicted octanol–water partition coefficient (Wildman–Crippen LogP) is 3.24. The fourth-order valence-electron chi connectivity index (χ4n) is 1.80. The van der Waals surface area contributed by atoms with Gasteiger partial charge in [0, 0.05) is 12.7 Å². The molecule has 1 heterocycles. The van der Waals surface area contributed by atoms with Crippen molar-refractivity contribution in [2.45, 2.75) is 19.8 Å². The standard InChI is InChI=1S/C13H14F3N3O/c1-9-7-11(19(2)18-9)8-17-10-3-5-12(6-4-10)20-13(14,15)16/h3-7,17H,8H2,1-2H3. The summed E-state index contributed by atoms with van der Waals surface area (Å²) in [5.41, 5.74) is 2.61. The molecule has 0 bridgehead atoms. The monoisotopic (exact) mass is 285 g/mol. The van der Waals surface area contributed by atoms with Crippen molar-refractivity contribution < 1.29 is 17.9 Å². The summed E-state index contributed by atoms with van der Waals surface area (Å²) in [7, 11) is 1.84. The average molecular weight is 285 g/mol. The zero-order chi connectivity index (χ0) is 14.8. The van der Waals surface area contributed by atoms with Gasteiger partial charge in [-0.25, -0.2) is 0 Å². The van der Waals surface area contributed by atoms with E-state index in [4.69, 9.17) is 0 Å². The number of aromatic nitrogens is 2. The molecule has 7 heteroatoms. The van der Waals surface area contributed by atoms with Gasteiger partial charge in [-0.2, -0.15) is 5.10 Å². The summed E-state index contributed by atoms with van der Waals surface area (Å²) < 4.78 is 41.6. The van der Waals surface area contributed by atoms with E-state index in [0.29, 0.717) is 12.2 Å². The van der Waals surface area contributed by atoms with Gasteiger partial charge in [0.1, 0.15) is 5.75 Å². The Kier molecular flexibility index (Phi) is 3.87. The van der Waals surface area contributed by atoms with Gasteiger partial charge in [0.2, 0.25) is 0 Å². The van der Waals surface area contributed by atoms with Gasteiger partial charge in [-0.15, -0.1) is 13.2 Å². The number of nitrogens with zero attached hydrogens (tertiary/aromatic N) is 2. The molecule has 20 heavy (non-hydrogen) atoms. The number of aryl methyl sites for hydroxylation is 2. The lowest BCUT2D eigenvalue weighted by molar-refractivity contribution is -0.274. The zero-order valence-electron chi connectivity index (χ0n) is 11.0. The highest BCUT2D eigenvalue weighted by atomic mass is 19.4. The van der Waals surface area contributed by atoms with Crippen molar-refractivity contribution in [3.63, 3.8) is 0 Å². The van der Waals surface area contributed by atoms with Crippen LogP contribution in [-0.2, 0) is 13.6 Å². The minimum atomic E-state index is -4.67. The van der Waals surface area contributed by atoms with Crippen LogP contribution in [0.2, 0.25) is 0 Å². The largest absolute Gasteiger partial charge is 0.573 e. The summed E-state index contributed by atoms with van der Waals surface area (Å²) in [6.45, 7) is 2.43. The number of hydrogen-bond donors (Lipinski definition) is 1. The molecule has 0 saturated carbocycles. The molecular formula is C13H14F3N3O. The maximum atomic E-state index is 12.0. The molecule has 0 aliphatic heterocycles. The molecule has 0 amide bonds. The number of alkyl halides is 3. The number of nitrogens with one attached hydrogen (secondary N) is 1. The second-order valence-electron chi connectivity index (χ2n) is 4.33. The summed E-state index contributed by atoms with van der Waals surface area (Å²) in [6.07, 6.45) is -4.67. The highest BCUT2D eigenvalue weighted by molar-refractivity contribution is 5.46. The first-order valence-electron chi connectivity index (χ1n) is 5.93. The van der Waals surface area contributed by atoms with E-state index in [9.17, 15) is 13.2 Å². The number of halogens is 3. The highest BCUT2D eigenvalue weighted by Gasteiger charge is 2.30. The summed E-state index contributed by atoms with van der Waals surface area (Å²) in [4.78, 5) is 0. The van der Waals surface area contributed by atoms with Crippen LogP contribution in [0.15, 0.2) is 30.3 Å².